The second kappa shape index (κ2) is 5.87. The molecule has 98 valence electrons. The molecule has 1 saturated heterocycles. The van der Waals surface area contributed by atoms with Crippen molar-refractivity contribution < 1.29 is 4.79 Å². The van der Waals surface area contributed by atoms with Gasteiger partial charge >= 0.3 is 0 Å². The molecular weight excluding hydrogens is 226 g/mol. The lowest BCUT2D eigenvalue weighted by Gasteiger charge is -2.31. The number of amides is 1. The molecule has 1 heterocycles. The minimum atomic E-state index is -0.0668. The van der Waals surface area contributed by atoms with E-state index in [1.54, 1.807) is 12.1 Å². The third kappa shape index (κ3) is 3.23. The Morgan fingerprint density at radius 2 is 1.83 bits per heavy atom. The summed E-state index contributed by atoms with van der Waals surface area (Å²) >= 11 is 0. The number of nitrogens with zero attached hydrogens (tertiary/aromatic N) is 1. The molecule has 2 rings (SSSR count). The zero-order valence-corrected chi connectivity index (χ0v) is 10.9. The summed E-state index contributed by atoms with van der Waals surface area (Å²) in [5.74, 6) is 0.0571. The van der Waals surface area contributed by atoms with Crippen LogP contribution in [0.2, 0.25) is 0 Å². The highest BCUT2D eigenvalue weighted by atomic mass is 16.2. The fourth-order valence-corrected chi connectivity index (χ4v) is 2.28. The van der Waals surface area contributed by atoms with Crippen LogP contribution in [-0.2, 0) is 4.79 Å². The van der Waals surface area contributed by atoms with E-state index in [1.165, 1.54) is 19.3 Å². The summed E-state index contributed by atoms with van der Waals surface area (Å²) in [7, 11) is 0. The van der Waals surface area contributed by atoms with Crippen LogP contribution < -0.4 is 11.1 Å². The quantitative estimate of drug-likeness (QED) is 0.804. The van der Waals surface area contributed by atoms with Gasteiger partial charge in [-0.1, -0.05) is 6.42 Å². The smallest absolute Gasteiger partial charge is 0.241 e. The molecule has 18 heavy (non-hydrogen) atoms. The number of piperidine rings is 1. The standard InChI is InChI=1S/C14H21N3O/c1-11(17-9-3-2-4-10-17)14(18)16-13-7-5-12(15)6-8-13/h5-8,11H,2-4,9-10,15H2,1H3,(H,16,18). The van der Waals surface area contributed by atoms with E-state index in [2.05, 4.69) is 10.2 Å². The molecular formula is C14H21N3O. The Balaban J connectivity index is 1.92. The van der Waals surface area contributed by atoms with E-state index >= 15 is 0 Å². The van der Waals surface area contributed by atoms with Gasteiger partial charge in [-0.25, -0.2) is 0 Å². The maximum Gasteiger partial charge on any atom is 0.241 e. The Bertz CT molecular complexity index is 396. The monoisotopic (exact) mass is 247 g/mol. The first kappa shape index (κ1) is 12.9. The molecule has 4 heteroatoms. The van der Waals surface area contributed by atoms with Crippen LogP contribution in [0.3, 0.4) is 0 Å². The third-order valence-electron chi connectivity index (χ3n) is 3.50. The maximum absolute atomic E-state index is 12.1. The molecule has 0 aliphatic carbocycles. The molecule has 1 unspecified atom stereocenters. The van der Waals surface area contributed by atoms with Gasteiger partial charge in [0.25, 0.3) is 0 Å². The second-order valence-electron chi connectivity index (χ2n) is 4.88. The Morgan fingerprint density at radius 1 is 1.22 bits per heavy atom. The van der Waals surface area contributed by atoms with E-state index in [9.17, 15) is 4.79 Å². The van der Waals surface area contributed by atoms with Gasteiger partial charge in [-0.2, -0.15) is 0 Å². The molecule has 1 aliphatic rings. The van der Waals surface area contributed by atoms with Gasteiger partial charge in [-0.3, -0.25) is 9.69 Å². The van der Waals surface area contributed by atoms with Gasteiger partial charge in [0.1, 0.15) is 0 Å². The molecule has 1 aliphatic heterocycles. The Morgan fingerprint density at radius 3 is 2.44 bits per heavy atom. The first-order valence-electron chi connectivity index (χ1n) is 6.57. The lowest BCUT2D eigenvalue weighted by atomic mass is 10.1. The summed E-state index contributed by atoms with van der Waals surface area (Å²) in [4.78, 5) is 14.4. The Kier molecular flexibility index (Phi) is 4.20. The summed E-state index contributed by atoms with van der Waals surface area (Å²) in [5.41, 5.74) is 7.12. The molecule has 1 atom stereocenters. The number of benzene rings is 1. The molecule has 0 radical (unpaired) electrons. The minimum Gasteiger partial charge on any atom is -0.399 e. The van der Waals surface area contributed by atoms with Crippen molar-refractivity contribution in [2.75, 3.05) is 24.1 Å². The summed E-state index contributed by atoms with van der Waals surface area (Å²) < 4.78 is 0. The number of hydrogen-bond acceptors (Lipinski definition) is 3. The molecule has 0 spiro atoms. The van der Waals surface area contributed by atoms with Crippen molar-refractivity contribution in [3.05, 3.63) is 24.3 Å². The normalized spacial score (nSPS) is 18.3. The molecule has 1 fully saturated rings. The lowest BCUT2D eigenvalue weighted by molar-refractivity contribution is -0.121. The second-order valence-corrected chi connectivity index (χ2v) is 4.88. The average molecular weight is 247 g/mol. The van der Waals surface area contributed by atoms with E-state index in [0.29, 0.717) is 5.69 Å². The van der Waals surface area contributed by atoms with Crippen molar-refractivity contribution in [2.24, 2.45) is 0 Å². The van der Waals surface area contributed by atoms with E-state index in [-0.39, 0.29) is 11.9 Å². The van der Waals surface area contributed by atoms with Crippen molar-refractivity contribution >= 4 is 17.3 Å². The van der Waals surface area contributed by atoms with Gasteiger partial charge in [-0.05, 0) is 57.1 Å². The first-order valence-corrected chi connectivity index (χ1v) is 6.57. The van der Waals surface area contributed by atoms with Crippen LogP contribution in [-0.4, -0.2) is 29.9 Å². The summed E-state index contributed by atoms with van der Waals surface area (Å²) in [6.07, 6.45) is 3.67. The van der Waals surface area contributed by atoms with Crippen LogP contribution in [0.15, 0.2) is 24.3 Å². The Labute approximate surface area is 108 Å². The number of nitrogens with two attached hydrogens (primary N) is 1. The molecule has 0 saturated carbocycles. The minimum absolute atomic E-state index is 0.0571. The lowest BCUT2D eigenvalue weighted by Crippen LogP contribution is -2.44. The predicted molar refractivity (Wildman–Crippen MR) is 74.4 cm³/mol. The van der Waals surface area contributed by atoms with Crippen molar-refractivity contribution in [3.63, 3.8) is 0 Å². The highest BCUT2D eigenvalue weighted by Crippen LogP contribution is 2.15. The van der Waals surface area contributed by atoms with E-state index in [1.807, 2.05) is 19.1 Å². The van der Waals surface area contributed by atoms with E-state index in [4.69, 9.17) is 5.73 Å². The van der Waals surface area contributed by atoms with Gasteiger partial charge in [0, 0.05) is 11.4 Å². The van der Waals surface area contributed by atoms with Crippen LogP contribution in [0.25, 0.3) is 0 Å². The number of nitrogen functional groups attached to an aromatic ring is 1. The van der Waals surface area contributed by atoms with Crippen molar-refractivity contribution in [1.29, 1.82) is 0 Å². The van der Waals surface area contributed by atoms with Gasteiger partial charge in [-0.15, -0.1) is 0 Å². The number of carbonyl (C=O) groups is 1. The van der Waals surface area contributed by atoms with Crippen LogP contribution in [0.4, 0.5) is 11.4 Å². The number of rotatable bonds is 3. The van der Waals surface area contributed by atoms with Gasteiger partial charge in [0.05, 0.1) is 6.04 Å². The summed E-state index contributed by atoms with van der Waals surface area (Å²) in [6, 6.07) is 7.18. The predicted octanol–water partition coefficient (Wildman–Crippen LogP) is 2.08. The summed E-state index contributed by atoms with van der Waals surface area (Å²) in [6.45, 7) is 4.02. The van der Waals surface area contributed by atoms with Crippen molar-refractivity contribution in [2.45, 2.75) is 32.2 Å². The highest BCUT2D eigenvalue weighted by Gasteiger charge is 2.22. The molecule has 3 N–H and O–H groups in total. The van der Waals surface area contributed by atoms with Crippen LogP contribution in [0.1, 0.15) is 26.2 Å². The van der Waals surface area contributed by atoms with E-state index < -0.39 is 0 Å². The zero-order chi connectivity index (χ0) is 13.0. The molecule has 1 aromatic rings. The van der Waals surface area contributed by atoms with Gasteiger partial charge < -0.3 is 11.1 Å². The Hall–Kier alpha value is -1.55. The molecule has 0 bridgehead atoms. The van der Waals surface area contributed by atoms with Crippen molar-refractivity contribution in [3.8, 4) is 0 Å². The number of likely N-dealkylation sites (tertiary alicyclic amines) is 1. The third-order valence-corrected chi connectivity index (χ3v) is 3.50. The fraction of sp³-hybridized carbons (Fsp3) is 0.500. The number of carbonyl (C=O) groups excluding carboxylic acids is 1. The maximum atomic E-state index is 12.1. The summed E-state index contributed by atoms with van der Waals surface area (Å²) in [5, 5.41) is 2.93. The average Bonchev–Trinajstić information content (AvgIpc) is 2.41. The number of anilines is 2. The highest BCUT2D eigenvalue weighted by molar-refractivity contribution is 5.94. The van der Waals surface area contributed by atoms with Crippen LogP contribution >= 0.6 is 0 Å². The fourth-order valence-electron chi connectivity index (χ4n) is 2.28. The first-order chi connectivity index (χ1) is 8.66. The van der Waals surface area contributed by atoms with Gasteiger partial charge in [0.2, 0.25) is 5.91 Å². The van der Waals surface area contributed by atoms with Gasteiger partial charge in [0.15, 0.2) is 0 Å². The SMILES string of the molecule is CC(C(=O)Nc1ccc(N)cc1)N1CCCCC1. The molecule has 0 aromatic heterocycles. The topological polar surface area (TPSA) is 58.4 Å². The van der Waals surface area contributed by atoms with Crippen molar-refractivity contribution in [1.82, 2.24) is 4.90 Å². The largest absolute Gasteiger partial charge is 0.399 e. The van der Waals surface area contributed by atoms with Crippen LogP contribution in [0.5, 0.6) is 0 Å². The molecule has 4 nitrogen and oxygen atoms in total. The molecule has 1 aromatic carbocycles. The van der Waals surface area contributed by atoms with Crippen LogP contribution in [0, 0.1) is 0 Å². The number of nitrogens with one attached hydrogen (secondary N) is 1. The van der Waals surface area contributed by atoms with E-state index in [0.717, 1.165) is 18.8 Å². The zero-order valence-electron chi connectivity index (χ0n) is 10.9. The number of hydrogen-bond donors (Lipinski definition) is 2. The molecule has 1 amide bonds.